The number of piperidine rings is 1. The van der Waals surface area contributed by atoms with Gasteiger partial charge in [0.25, 0.3) is 5.91 Å². The summed E-state index contributed by atoms with van der Waals surface area (Å²) in [6.07, 6.45) is 4.00. The van der Waals surface area contributed by atoms with Crippen LogP contribution in [0.15, 0.2) is 47.6 Å². The molecule has 2 aromatic carbocycles. The molecule has 2 aromatic rings. The summed E-state index contributed by atoms with van der Waals surface area (Å²) in [7, 11) is 0. The fourth-order valence-corrected chi connectivity index (χ4v) is 4.32. The average molecular weight is 394 g/mol. The molecular formula is C24H28FN3O. The van der Waals surface area contributed by atoms with E-state index in [1.807, 2.05) is 19.9 Å². The van der Waals surface area contributed by atoms with Crippen LogP contribution in [0.2, 0.25) is 0 Å². The van der Waals surface area contributed by atoms with Crippen LogP contribution in [-0.4, -0.2) is 41.2 Å². The number of carbonyl (C=O) groups is 1. The van der Waals surface area contributed by atoms with Crippen molar-refractivity contribution in [3.05, 3.63) is 70.5 Å². The molecule has 0 aliphatic carbocycles. The minimum Gasteiger partial charge on any atom is -0.294 e. The molecular weight excluding hydrogens is 365 g/mol. The van der Waals surface area contributed by atoms with E-state index in [2.05, 4.69) is 23.1 Å². The van der Waals surface area contributed by atoms with Gasteiger partial charge in [-0.1, -0.05) is 42.3 Å². The third-order valence-corrected chi connectivity index (χ3v) is 5.94. The molecule has 0 aromatic heterocycles. The Hall–Kier alpha value is -2.53. The third-order valence-electron chi connectivity index (χ3n) is 5.94. The molecule has 1 amide bonds. The molecule has 29 heavy (non-hydrogen) atoms. The Morgan fingerprint density at radius 1 is 1.10 bits per heavy atom. The van der Waals surface area contributed by atoms with Gasteiger partial charge in [-0.05, 0) is 57.5 Å². The zero-order valence-electron chi connectivity index (χ0n) is 17.2. The van der Waals surface area contributed by atoms with Crippen LogP contribution < -0.4 is 0 Å². The molecule has 2 heterocycles. The van der Waals surface area contributed by atoms with Crippen LogP contribution in [0.5, 0.6) is 0 Å². The van der Waals surface area contributed by atoms with Crippen LogP contribution in [0, 0.1) is 19.7 Å². The van der Waals surface area contributed by atoms with Crippen LogP contribution in [0.25, 0.3) is 0 Å². The molecule has 5 heteroatoms. The Kier molecular flexibility index (Phi) is 5.76. The lowest BCUT2D eigenvalue weighted by atomic mass is 9.95. The summed E-state index contributed by atoms with van der Waals surface area (Å²) in [5.74, 6) is -0.342. The van der Waals surface area contributed by atoms with E-state index in [9.17, 15) is 9.18 Å². The van der Waals surface area contributed by atoms with E-state index in [-0.39, 0.29) is 11.7 Å². The minimum absolute atomic E-state index is 0.0551. The second-order valence-electron chi connectivity index (χ2n) is 8.18. The highest BCUT2D eigenvalue weighted by Crippen LogP contribution is 2.35. The van der Waals surface area contributed by atoms with Crippen molar-refractivity contribution in [3.63, 3.8) is 0 Å². The molecule has 1 saturated heterocycles. The van der Waals surface area contributed by atoms with Crippen LogP contribution in [-0.2, 0) is 4.79 Å². The summed E-state index contributed by atoms with van der Waals surface area (Å²) in [6, 6.07) is 12.6. The van der Waals surface area contributed by atoms with Gasteiger partial charge in [0.15, 0.2) is 0 Å². The number of benzene rings is 2. The summed E-state index contributed by atoms with van der Waals surface area (Å²) in [5.41, 5.74) is 4.69. The monoisotopic (exact) mass is 393 g/mol. The van der Waals surface area contributed by atoms with E-state index in [4.69, 9.17) is 5.10 Å². The number of rotatable bonds is 4. The Morgan fingerprint density at radius 2 is 1.86 bits per heavy atom. The Labute approximate surface area is 172 Å². The fraction of sp³-hybridized carbons (Fsp3) is 0.417. The maximum absolute atomic E-state index is 14.6. The maximum atomic E-state index is 14.6. The smallest absolute Gasteiger partial charge is 0.257 e. The van der Waals surface area contributed by atoms with E-state index in [1.54, 1.807) is 12.1 Å². The van der Waals surface area contributed by atoms with Crippen LogP contribution in [0.3, 0.4) is 0 Å². The van der Waals surface area contributed by atoms with Gasteiger partial charge in [-0.25, -0.2) is 9.40 Å². The lowest BCUT2D eigenvalue weighted by Crippen LogP contribution is -2.40. The molecule has 0 bridgehead atoms. The van der Waals surface area contributed by atoms with E-state index < -0.39 is 6.04 Å². The molecule has 0 radical (unpaired) electrons. The lowest BCUT2D eigenvalue weighted by Gasteiger charge is -2.29. The summed E-state index contributed by atoms with van der Waals surface area (Å²) in [6.45, 7) is 6.32. The first-order chi connectivity index (χ1) is 14.0. The lowest BCUT2D eigenvalue weighted by molar-refractivity contribution is -0.134. The molecule has 1 fully saturated rings. The molecule has 4 nitrogen and oxygen atoms in total. The van der Waals surface area contributed by atoms with Gasteiger partial charge in [0.1, 0.15) is 5.82 Å². The first kappa shape index (κ1) is 19.8. The van der Waals surface area contributed by atoms with Crippen molar-refractivity contribution in [1.29, 1.82) is 0 Å². The van der Waals surface area contributed by atoms with Crippen molar-refractivity contribution in [2.75, 3.05) is 19.6 Å². The highest BCUT2D eigenvalue weighted by molar-refractivity contribution is 6.04. The molecule has 0 spiro atoms. The molecule has 0 unspecified atom stereocenters. The number of hydrogen-bond acceptors (Lipinski definition) is 3. The van der Waals surface area contributed by atoms with Gasteiger partial charge in [-0.2, -0.15) is 5.10 Å². The van der Waals surface area contributed by atoms with Gasteiger partial charge in [-0.15, -0.1) is 0 Å². The molecule has 4 rings (SSSR count). The Morgan fingerprint density at radius 3 is 2.62 bits per heavy atom. The molecule has 0 N–H and O–H groups in total. The zero-order valence-corrected chi connectivity index (χ0v) is 17.2. The SMILES string of the molecule is Cc1ccc(C)c(C2=NN(C(=O)CN3CCCCC3)[C@H](c3ccccc3F)C2)c1. The zero-order chi connectivity index (χ0) is 20.4. The van der Waals surface area contributed by atoms with Gasteiger partial charge in [-0.3, -0.25) is 9.69 Å². The quantitative estimate of drug-likeness (QED) is 0.761. The van der Waals surface area contributed by atoms with Gasteiger partial charge in [0.05, 0.1) is 18.3 Å². The summed E-state index contributed by atoms with van der Waals surface area (Å²) < 4.78 is 14.6. The van der Waals surface area contributed by atoms with Crippen molar-refractivity contribution >= 4 is 11.6 Å². The predicted octanol–water partition coefficient (Wildman–Crippen LogP) is 4.61. The second kappa shape index (κ2) is 8.46. The Bertz CT molecular complexity index is 933. The van der Waals surface area contributed by atoms with Crippen LogP contribution in [0.1, 0.15) is 54.0 Å². The minimum atomic E-state index is -0.400. The van der Waals surface area contributed by atoms with Gasteiger partial charge in [0.2, 0.25) is 0 Å². The number of aryl methyl sites for hydroxylation is 2. The standard InChI is InChI=1S/C24H28FN3O/c1-17-10-11-18(2)20(14-17)22-15-23(19-8-4-5-9-21(19)25)28(26-22)24(29)16-27-12-6-3-7-13-27/h4-5,8-11,14,23H,3,6-7,12-13,15-16H2,1-2H3/t23-/m0/s1. The van der Waals surface area contributed by atoms with E-state index in [1.165, 1.54) is 17.5 Å². The van der Waals surface area contributed by atoms with Crippen LogP contribution >= 0.6 is 0 Å². The number of hydrogen-bond donors (Lipinski definition) is 0. The van der Waals surface area contributed by atoms with Gasteiger partial charge >= 0.3 is 0 Å². The van der Waals surface area contributed by atoms with Crippen molar-refractivity contribution in [3.8, 4) is 0 Å². The largest absolute Gasteiger partial charge is 0.294 e. The summed E-state index contributed by atoms with van der Waals surface area (Å²) in [5, 5.41) is 6.26. The molecule has 2 aliphatic rings. The number of carbonyl (C=O) groups excluding carboxylic acids is 1. The number of hydrazone groups is 1. The van der Waals surface area contributed by atoms with Crippen LogP contribution in [0.4, 0.5) is 4.39 Å². The Balaban J connectivity index is 1.66. The average Bonchev–Trinajstić information content (AvgIpc) is 3.16. The van der Waals surface area contributed by atoms with Gasteiger partial charge in [0, 0.05) is 17.5 Å². The highest BCUT2D eigenvalue weighted by atomic mass is 19.1. The maximum Gasteiger partial charge on any atom is 0.257 e. The third kappa shape index (κ3) is 4.25. The topological polar surface area (TPSA) is 35.9 Å². The first-order valence-electron chi connectivity index (χ1n) is 10.5. The number of nitrogens with zero attached hydrogens (tertiary/aromatic N) is 3. The van der Waals surface area contributed by atoms with Crippen molar-refractivity contribution < 1.29 is 9.18 Å². The first-order valence-corrected chi connectivity index (χ1v) is 10.5. The highest BCUT2D eigenvalue weighted by Gasteiger charge is 2.35. The van der Waals surface area contributed by atoms with E-state index in [0.717, 1.165) is 48.3 Å². The van der Waals surface area contributed by atoms with Gasteiger partial charge < -0.3 is 0 Å². The molecule has 152 valence electrons. The van der Waals surface area contributed by atoms with Crippen molar-refractivity contribution in [2.24, 2.45) is 5.10 Å². The predicted molar refractivity (Wildman–Crippen MR) is 113 cm³/mol. The second-order valence-corrected chi connectivity index (χ2v) is 8.18. The molecule has 2 aliphatic heterocycles. The molecule has 1 atom stereocenters. The number of halogens is 1. The summed E-state index contributed by atoms with van der Waals surface area (Å²) >= 11 is 0. The normalized spacial score (nSPS) is 20.0. The molecule has 0 saturated carbocycles. The van der Waals surface area contributed by atoms with E-state index in [0.29, 0.717) is 18.5 Å². The number of likely N-dealkylation sites (tertiary alicyclic amines) is 1. The van der Waals surface area contributed by atoms with Crippen molar-refractivity contribution in [1.82, 2.24) is 9.91 Å². The van der Waals surface area contributed by atoms with Crippen molar-refractivity contribution in [2.45, 2.75) is 45.6 Å². The number of amides is 1. The summed E-state index contributed by atoms with van der Waals surface area (Å²) in [4.78, 5) is 15.4. The fourth-order valence-electron chi connectivity index (χ4n) is 4.32. The van der Waals surface area contributed by atoms with E-state index >= 15 is 0 Å².